The monoisotopic (exact) mass is 691 g/mol. The molecular weight excluding hydrogens is 630 g/mol. The van der Waals surface area contributed by atoms with Crippen molar-refractivity contribution in [3.8, 4) is 12.1 Å². The molecule has 3 aromatic rings. The first-order valence-electron chi connectivity index (χ1n) is 16.5. The topological polar surface area (TPSA) is 74.1 Å². The Labute approximate surface area is 296 Å². The van der Waals surface area contributed by atoms with Crippen molar-refractivity contribution in [3.05, 3.63) is 58.2 Å². The Balaban J connectivity index is 0. The maximum absolute atomic E-state index is 7.32. The van der Waals surface area contributed by atoms with Crippen molar-refractivity contribution >= 4 is 52.6 Å². The predicted octanol–water partition coefficient (Wildman–Crippen LogP) is 10.2. The number of aryl methyl sites for hydroxylation is 2. The van der Waals surface area contributed by atoms with Crippen molar-refractivity contribution in [2.75, 3.05) is 57.0 Å². The molecule has 9 heteroatoms. The highest BCUT2D eigenvalue weighted by atomic mass is 35.5. The zero-order valence-electron chi connectivity index (χ0n) is 30.4. The Hall–Kier alpha value is -2.18. The molecule has 0 bridgehead atoms. The molecule has 1 fully saturated rings. The summed E-state index contributed by atoms with van der Waals surface area (Å²) in [5.41, 5.74) is 3.66. The molecule has 1 aromatic heterocycles. The van der Waals surface area contributed by atoms with Crippen LogP contribution in [-0.2, 0) is 12.8 Å². The highest BCUT2D eigenvalue weighted by Crippen LogP contribution is 2.27. The Morgan fingerprint density at radius 2 is 1.50 bits per heavy atom. The summed E-state index contributed by atoms with van der Waals surface area (Å²) >= 11 is 11.3. The van der Waals surface area contributed by atoms with E-state index < -0.39 is 0 Å². The Morgan fingerprint density at radius 1 is 0.957 bits per heavy atom. The molecule has 0 spiro atoms. The minimum Gasteiger partial charge on any atom is -0.467 e. The number of ether oxygens (including phenoxy) is 1. The Bertz CT molecular complexity index is 1160. The van der Waals surface area contributed by atoms with E-state index in [0.29, 0.717) is 6.01 Å². The molecule has 1 aliphatic rings. The smallest absolute Gasteiger partial charge is 0.318 e. The first-order chi connectivity index (χ1) is 22.3. The van der Waals surface area contributed by atoms with Crippen LogP contribution in [0.3, 0.4) is 0 Å². The van der Waals surface area contributed by atoms with Crippen LogP contribution in [0.15, 0.2) is 36.4 Å². The first kappa shape index (κ1) is 45.9. The minimum atomic E-state index is 0.491. The van der Waals surface area contributed by atoms with Crippen LogP contribution in [0.5, 0.6) is 6.01 Å². The van der Waals surface area contributed by atoms with Gasteiger partial charge in [-0.05, 0) is 55.5 Å². The van der Waals surface area contributed by atoms with Crippen molar-refractivity contribution in [3.63, 3.8) is 0 Å². The molecule has 1 N–H and O–H groups in total. The summed E-state index contributed by atoms with van der Waals surface area (Å²) in [5, 5.41) is 13.9. The maximum Gasteiger partial charge on any atom is 0.318 e. The number of nitrogens with zero attached hydrogens (tertiary/aromatic N) is 4. The molecule has 0 saturated carbocycles. The van der Waals surface area contributed by atoms with Gasteiger partial charge in [-0.1, -0.05) is 108 Å². The number of benzene rings is 2. The number of piperazine rings is 1. The van der Waals surface area contributed by atoms with Crippen LogP contribution < -0.4 is 15.0 Å². The van der Waals surface area contributed by atoms with Gasteiger partial charge in [0.05, 0.1) is 18.9 Å². The summed E-state index contributed by atoms with van der Waals surface area (Å²) in [6, 6.07) is 14.4. The number of hydrogen-bond donors (Lipinski definition) is 2. The van der Waals surface area contributed by atoms with E-state index in [1.807, 2.05) is 30.7 Å². The number of rotatable bonds is 9. The van der Waals surface area contributed by atoms with Gasteiger partial charge in [0.2, 0.25) is 0 Å². The maximum atomic E-state index is 7.32. The van der Waals surface area contributed by atoms with Gasteiger partial charge < -0.3 is 15.0 Å². The second-order valence-electron chi connectivity index (χ2n) is 10.4. The molecule has 0 atom stereocenters. The fourth-order valence-electron chi connectivity index (χ4n) is 4.68. The van der Waals surface area contributed by atoms with E-state index in [0.717, 1.165) is 62.0 Å². The quantitative estimate of drug-likeness (QED) is 0.171. The molecular formula is C37H62ClN5OS2. The number of hydrogen-bond acceptors (Lipinski definition) is 8. The number of unbranched alkanes of at least 4 members (excludes halogenated alkanes) is 4. The summed E-state index contributed by atoms with van der Waals surface area (Å²) in [5.74, 6) is 1.08. The van der Waals surface area contributed by atoms with Crippen molar-refractivity contribution in [1.29, 1.82) is 5.26 Å². The second-order valence-corrected chi connectivity index (χ2v) is 11.6. The summed E-state index contributed by atoms with van der Waals surface area (Å²) < 4.78 is 5.26. The van der Waals surface area contributed by atoms with Crippen LogP contribution in [0, 0.1) is 18.3 Å². The summed E-state index contributed by atoms with van der Waals surface area (Å²) in [6.07, 6.45) is 15.9. The van der Waals surface area contributed by atoms with Gasteiger partial charge in [0.1, 0.15) is 5.82 Å². The van der Waals surface area contributed by atoms with Gasteiger partial charge in [-0.2, -0.15) is 39.6 Å². The van der Waals surface area contributed by atoms with E-state index in [1.165, 1.54) is 60.9 Å². The molecule has 2 heterocycles. The number of nitrogens with one attached hydrogen (secondary N) is 1. The normalized spacial score (nSPS) is 11.3. The SMILES string of the molecule is CC#N.CCCCCCC.CCCc1c(CC)nc(OC)nc1N1CCNCC1.CS.CSC.Cc1cccc2cccc(Cl)c12. The third kappa shape index (κ3) is 18.8. The molecule has 260 valence electrons. The average Bonchev–Trinajstić information content (AvgIpc) is 3.08. The van der Waals surface area contributed by atoms with E-state index >= 15 is 0 Å². The Morgan fingerprint density at radius 3 is 1.96 bits per heavy atom. The lowest BCUT2D eigenvalue weighted by Gasteiger charge is -2.30. The average molecular weight is 693 g/mol. The summed E-state index contributed by atoms with van der Waals surface area (Å²) in [7, 11) is 1.63. The molecule has 0 aliphatic carbocycles. The Kier molecular flexibility index (Phi) is 31.4. The number of nitriles is 1. The number of aromatic nitrogens is 2. The molecule has 46 heavy (non-hydrogen) atoms. The lowest BCUT2D eigenvalue weighted by molar-refractivity contribution is 0.377. The number of thiol groups is 1. The fourth-order valence-corrected chi connectivity index (χ4v) is 5.01. The predicted molar refractivity (Wildman–Crippen MR) is 211 cm³/mol. The third-order valence-electron chi connectivity index (χ3n) is 6.75. The van der Waals surface area contributed by atoms with E-state index in [1.54, 1.807) is 31.2 Å². The van der Waals surface area contributed by atoms with Crippen LogP contribution >= 0.6 is 36.0 Å². The molecule has 1 aliphatic heterocycles. The van der Waals surface area contributed by atoms with E-state index in [4.69, 9.17) is 21.6 Å². The lowest BCUT2D eigenvalue weighted by Crippen LogP contribution is -2.44. The zero-order valence-corrected chi connectivity index (χ0v) is 32.8. The van der Waals surface area contributed by atoms with Crippen molar-refractivity contribution in [2.45, 2.75) is 92.9 Å². The largest absolute Gasteiger partial charge is 0.467 e. The van der Waals surface area contributed by atoms with Gasteiger partial charge in [-0.25, -0.2) is 0 Å². The van der Waals surface area contributed by atoms with E-state index in [9.17, 15) is 0 Å². The third-order valence-corrected chi connectivity index (χ3v) is 7.07. The molecule has 0 unspecified atom stereocenters. The van der Waals surface area contributed by atoms with E-state index in [2.05, 4.69) is 85.6 Å². The van der Waals surface area contributed by atoms with Crippen molar-refractivity contribution in [2.24, 2.45) is 0 Å². The minimum absolute atomic E-state index is 0.491. The van der Waals surface area contributed by atoms with Crippen LogP contribution in [-0.4, -0.2) is 62.0 Å². The van der Waals surface area contributed by atoms with Crippen LogP contribution in [0.1, 0.15) is 90.0 Å². The van der Waals surface area contributed by atoms with Gasteiger partial charge in [0, 0.05) is 49.1 Å². The van der Waals surface area contributed by atoms with Crippen LogP contribution in [0.4, 0.5) is 5.82 Å². The number of methoxy groups -OCH3 is 1. The van der Waals surface area contributed by atoms with Gasteiger partial charge in [-0.15, -0.1) is 0 Å². The molecule has 0 amide bonds. The zero-order chi connectivity index (χ0) is 35.2. The number of halogens is 1. The number of fused-ring (bicyclic) bond motifs is 1. The van der Waals surface area contributed by atoms with Gasteiger partial charge in [-0.3, -0.25) is 0 Å². The van der Waals surface area contributed by atoms with Crippen LogP contribution in [0.25, 0.3) is 10.8 Å². The first-order valence-corrected chi connectivity index (χ1v) is 19.4. The molecule has 4 rings (SSSR count). The second kappa shape index (κ2) is 31.4. The number of thioether (sulfide) groups is 1. The van der Waals surface area contributed by atoms with Crippen molar-refractivity contribution in [1.82, 2.24) is 15.3 Å². The summed E-state index contributed by atoms with van der Waals surface area (Å²) in [4.78, 5) is 11.5. The molecule has 1 saturated heterocycles. The highest BCUT2D eigenvalue weighted by Gasteiger charge is 2.20. The van der Waals surface area contributed by atoms with E-state index in [-0.39, 0.29) is 0 Å². The number of anilines is 1. The lowest BCUT2D eigenvalue weighted by atomic mass is 10.1. The highest BCUT2D eigenvalue weighted by molar-refractivity contribution is 7.97. The molecule has 0 radical (unpaired) electrons. The van der Waals surface area contributed by atoms with Gasteiger partial charge >= 0.3 is 6.01 Å². The van der Waals surface area contributed by atoms with Gasteiger partial charge in [0.25, 0.3) is 0 Å². The standard InChI is InChI=1S/C14H24N4O.C11H9Cl.C7H16.C2H3N.C2H6S.CH4S/c1-4-6-11-12(5-2)16-14(19-3)17-13(11)18-9-7-15-8-10-18;1-8-4-2-5-9-6-3-7-10(12)11(8)9;1-3-5-7-6-4-2;1-2-3;1-3-2;1-2/h15H,4-10H2,1-3H3;2-7H,1H3;3-7H2,1-2H3;1H3;1-2H3;2H,1H3. The molecule has 6 nitrogen and oxygen atoms in total. The molecule has 2 aromatic carbocycles. The van der Waals surface area contributed by atoms with Gasteiger partial charge in [0.15, 0.2) is 0 Å². The summed E-state index contributed by atoms with van der Waals surface area (Å²) in [6.45, 7) is 16.4. The van der Waals surface area contributed by atoms with Crippen LogP contribution in [0.2, 0.25) is 5.02 Å². The van der Waals surface area contributed by atoms with Crippen molar-refractivity contribution < 1.29 is 4.74 Å². The fraction of sp³-hybridized carbons (Fsp3) is 0.595.